The first-order valence-corrected chi connectivity index (χ1v) is 14.6. The molecule has 0 aromatic carbocycles. The van der Waals surface area contributed by atoms with Crippen LogP contribution in [0.3, 0.4) is 0 Å². The van der Waals surface area contributed by atoms with Gasteiger partial charge in [0.2, 0.25) is 0 Å². The zero-order valence-electron chi connectivity index (χ0n) is 23.1. The molecule has 0 bridgehead atoms. The van der Waals surface area contributed by atoms with Crippen LogP contribution in [0.5, 0.6) is 0 Å². The number of unbranched alkanes of at least 4 members (excludes halogenated alkanes) is 13. The quantitative estimate of drug-likeness (QED) is 0.0830. The Kier molecular flexibility index (Phi) is 40.0. The van der Waals surface area contributed by atoms with E-state index in [2.05, 4.69) is 16.7 Å². The summed E-state index contributed by atoms with van der Waals surface area (Å²) in [6, 6.07) is 0. The molecular formula is C28H62Br2N2O3. The van der Waals surface area contributed by atoms with Crippen LogP contribution in [0.2, 0.25) is 0 Å². The lowest BCUT2D eigenvalue weighted by molar-refractivity contribution is 0.182. The van der Waals surface area contributed by atoms with Crippen molar-refractivity contribution < 1.29 is 15.3 Å². The summed E-state index contributed by atoms with van der Waals surface area (Å²) in [6.45, 7) is 9.07. The molecule has 0 aromatic rings. The van der Waals surface area contributed by atoms with Crippen LogP contribution in [0.4, 0.5) is 0 Å². The van der Waals surface area contributed by atoms with Gasteiger partial charge in [0.05, 0.1) is 0 Å². The van der Waals surface area contributed by atoms with Crippen molar-refractivity contribution in [1.29, 1.82) is 0 Å². The van der Waals surface area contributed by atoms with Crippen molar-refractivity contribution in [2.45, 2.75) is 122 Å². The van der Waals surface area contributed by atoms with E-state index in [1.807, 2.05) is 0 Å². The minimum atomic E-state index is 0. The lowest BCUT2D eigenvalue weighted by Gasteiger charge is -2.25. The first kappa shape index (κ1) is 40.3. The normalized spacial score (nSPS) is 11.1. The van der Waals surface area contributed by atoms with E-state index in [9.17, 15) is 5.11 Å². The third-order valence-corrected chi connectivity index (χ3v) is 6.67. The van der Waals surface area contributed by atoms with Crippen molar-refractivity contribution in [2.75, 3.05) is 59.1 Å². The highest BCUT2D eigenvalue weighted by atomic mass is 79.9. The Morgan fingerprint density at radius 2 is 0.600 bits per heavy atom. The Morgan fingerprint density at radius 3 is 0.914 bits per heavy atom. The van der Waals surface area contributed by atoms with E-state index in [0.29, 0.717) is 0 Å². The largest absolute Gasteiger partial charge is 0.396 e. The number of halogens is 2. The maximum Gasteiger partial charge on any atom is 0.0443 e. The van der Waals surface area contributed by atoms with Crippen LogP contribution in [0.25, 0.3) is 0 Å². The van der Waals surface area contributed by atoms with Gasteiger partial charge >= 0.3 is 0 Å². The zero-order valence-corrected chi connectivity index (χ0v) is 26.6. The van der Waals surface area contributed by atoms with Gasteiger partial charge in [-0.05, 0) is 51.7 Å². The number of rotatable bonds is 28. The maximum atomic E-state index is 9.24. The third-order valence-electron chi connectivity index (χ3n) is 6.67. The second-order valence-corrected chi connectivity index (χ2v) is 9.86. The van der Waals surface area contributed by atoms with Gasteiger partial charge < -0.3 is 25.1 Å². The zero-order chi connectivity index (χ0) is 24.2. The van der Waals surface area contributed by atoms with Crippen molar-refractivity contribution in [3.8, 4) is 0 Å². The first-order chi connectivity index (χ1) is 16.3. The Labute approximate surface area is 240 Å². The van der Waals surface area contributed by atoms with Crippen LogP contribution >= 0.6 is 34.0 Å². The Morgan fingerprint density at radius 1 is 0.343 bits per heavy atom. The summed E-state index contributed by atoms with van der Waals surface area (Å²) in [5.74, 6) is 0. The molecule has 0 saturated heterocycles. The minimum Gasteiger partial charge on any atom is -0.396 e. The van der Waals surface area contributed by atoms with Crippen LogP contribution in [0.1, 0.15) is 122 Å². The molecule has 0 unspecified atom stereocenters. The number of aliphatic hydroxyl groups excluding tert-OH is 3. The summed E-state index contributed by atoms with van der Waals surface area (Å²) in [6.07, 6.45) is 23.1. The lowest BCUT2D eigenvalue weighted by atomic mass is 10.0. The number of nitrogens with zero attached hydrogens (tertiary/aromatic N) is 2. The van der Waals surface area contributed by atoms with E-state index in [0.717, 1.165) is 65.0 Å². The molecule has 3 N–H and O–H groups in total. The molecule has 0 aliphatic rings. The number of aliphatic hydroxyl groups is 3. The molecule has 0 aromatic heterocycles. The predicted octanol–water partition coefficient (Wildman–Crippen LogP) is 6.76. The highest BCUT2D eigenvalue weighted by molar-refractivity contribution is 8.93. The van der Waals surface area contributed by atoms with E-state index >= 15 is 0 Å². The van der Waals surface area contributed by atoms with Crippen LogP contribution in [-0.4, -0.2) is 84.2 Å². The predicted molar refractivity (Wildman–Crippen MR) is 164 cm³/mol. The number of hydrogen-bond donors (Lipinski definition) is 3. The molecule has 35 heavy (non-hydrogen) atoms. The fourth-order valence-electron chi connectivity index (χ4n) is 4.60. The van der Waals surface area contributed by atoms with Gasteiger partial charge in [0.25, 0.3) is 0 Å². The van der Waals surface area contributed by atoms with Gasteiger partial charge in [-0.25, -0.2) is 0 Å². The number of hydrogen-bond acceptors (Lipinski definition) is 5. The Balaban J connectivity index is -0.00000512. The van der Waals surface area contributed by atoms with Gasteiger partial charge in [0.1, 0.15) is 0 Å². The lowest BCUT2D eigenvalue weighted by Crippen LogP contribution is -2.33. The van der Waals surface area contributed by atoms with Crippen molar-refractivity contribution >= 4 is 34.0 Å². The second kappa shape index (κ2) is 34.8. The highest BCUT2D eigenvalue weighted by Crippen LogP contribution is 2.13. The SMILES string of the molecule is Br.Br.CCCCCCCCCCCCCCCCN(CCCO)CCCN(CCCO)CCCO. The van der Waals surface area contributed by atoms with Gasteiger partial charge in [-0.1, -0.05) is 90.4 Å². The Bertz CT molecular complexity index is 361. The second-order valence-electron chi connectivity index (χ2n) is 9.86. The van der Waals surface area contributed by atoms with Gasteiger partial charge in [-0.15, -0.1) is 34.0 Å². The fraction of sp³-hybridized carbons (Fsp3) is 1.00. The molecule has 5 nitrogen and oxygen atoms in total. The van der Waals surface area contributed by atoms with Gasteiger partial charge in [-0.2, -0.15) is 0 Å². The van der Waals surface area contributed by atoms with Gasteiger partial charge in [0, 0.05) is 39.5 Å². The minimum absolute atomic E-state index is 0. The monoisotopic (exact) mass is 632 g/mol. The summed E-state index contributed by atoms with van der Waals surface area (Å²) < 4.78 is 0. The van der Waals surface area contributed by atoms with Crippen molar-refractivity contribution in [3.63, 3.8) is 0 Å². The molecule has 0 aliphatic carbocycles. The van der Waals surface area contributed by atoms with E-state index < -0.39 is 0 Å². The van der Waals surface area contributed by atoms with Crippen LogP contribution < -0.4 is 0 Å². The molecule has 0 rings (SSSR count). The van der Waals surface area contributed by atoms with E-state index in [4.69, 9.17) is 10.2 Å². The molecule has 0 radical (unpaired) electrons. The smallest absolute Gasteiger partial charge is 0.0443 e. The van der Waals surface area contributed by atoms with Crippen LogP contribution in [0, 0.1) is 0 Å². The maximum absolute atomic E-state index is 9.24. The molecule has 0 aliphatic heterocycles. The van der Waals surface area contributed by atoms with Gasteiger partial charge in [-0.3, -0.25) is 0 Å². The summed E-state index contributed by atoms with van der Waals surface area (Å²) in [4.78, 5) is 4.89. The third kappa shape index (κ3) is 30.9. The molecule has 0 heterocycles. The molecule has 0 amide bonds. The van der Waals surface area contributed by atoms with E-state index in [-0.39, 0.29) is 53.8 Å². The first-order valence-electron chi connectivity index (χ1n) is 14.6. The molecular weight excluding hydrogens is 572 g/mol. The molecule has 0 fully saturated rings. The molecule has 0 saturated carbocycles. The fourth-order valence-corrected chi connectivity index (χ4v) is 4.60. The van der Waals surface area contributed by atoms with Crippen molar-refractivity contribution in [3.05, 3.63) is 0 Å². The standard InChI is InChI=1S/C28H60N2O3.2BrH/c1-2-3-4-5-6-7-8-9-10-11-12-13-14-15-20-29(23-17-26-31)21-16-22-30(24-18-27-32)25-19-28-33;;/h31-33H,2-28H2,1H3;2*1H. The molecule has 216 valence electrons. The summed E-state index contributed by atoms with van der Waals surface area (Å²) in [7, 11) is 0. The molecule has 0 spiro atoms. The Hall–Kier alpha value is 0.760. The van der Waals surface area contributed by atoms with Crippen molar-refractivity contribution in [2.24, 2.45) is 0 Å². The van der Waals surface area contributed by atoms with Gasteiger partial charge in [0.15, 0.2) is 0 Å². The highest BCUT2D eigenvalue weighted by Gasteiger charge is 2.08. The molecule has 0 atom stereocenters. The van der Waals surface area contributed by atoms with Crippen molar-refractivity contribution in [1.82, 2.24) is 9.80 Å². The van der Waals surface area contributed by atoms with Crippen LogP contribution in [0.15, 0.2) is 0 Å². The molecule has 7 heteroatoms. The summed E-state index contributed by atoms with van der Waals surface area (Å²) in [5, 5.41) is 27.4. The average molecular weight is 635 g/mol. The van der Waals surface area contributed by atoms with Crippen LogP contribution in [-0.2, 0) is 0 Å². The topological polar surface area (TPSA) is 67.2 Å². The summed E-state index contributed by atoms with van der Waals surface area (Å²) >= 11 is 0. The van der Waals surface area contributed by atoms with E-state index in [1.165, 1.54) is 89.9 Å². The van der Waals surface area contributed by atoms with E-state index in [1.54, 1.807) is 0 Å². The average Bonchev–Trinajstić information content (AvgIpc) is 2.83. The summed E-state index contributed by atoms with van der Waals surface area (Å²) in [5.41, 5.74) is 0.